The smallest absolute Gasteiger partial charge is 0.188 e. The maximum Gasteiger partial charge on any atom is 0.188 e. The minimum absolute atomic E-state index is 0.0638. The minimum Gasteiger partial charge on any atom is -0.292 e. The highest BCUT2D eigenvalue weighted by Gasteiger charge is 2.13. The molecule has 0 aliphatic rings. The first-order valence-corrected chi connectivity index (χ1v) is 5.05. The quantitative estimate of drug-likeness (QED) is 0.763. The molecule has 2 nitrogen and oxygen atoms in total. The molecule has 1 heterocycles. The number of rotatable bonds is 3. The average Bonchev–Trinajstić information content (AvgIpc) is 2.29. The molecule has 0 saturated heterocycles. The van der Waals surface area contributed by atoms with Gasteiger partial charge in [-0.1, -0.05) is 12.1 Å². The Morgan fingerprint density at radius 2 is 2.00 bits per heavy atom. The molecule has 0 unspecified atom stereocenters. The van der Waals surface area contributed by atoms with E-state index < -0.39 is 17.4 Å². The number of carbonyl (C=O) groups is 1. The summed E-state index contributed by atoms with van der Waals surface area (Å²) in [5, 5.41) is 0. The van der Waals surface area contributed by atoms with Crippen LogP contribution in [0.2, 0.25) is 0 Å². The van der Waals surface area contributed by atoms with E-state index in [-0.39, 0.29) is 12.1 Å². The van der Waals surface area contributed by atoms with Crippen LogP contribution in [0, 0.1) is 11.6 Å². The monoisotopic (exact) mass is 233 g/mol. The Labute approximate surface area is 96.9 Å². The molecule has 0 aliphatic heterocycles. The van der Waals surface area contributed by atoms with Crippen molar-refractivity contribution in [3.63, 3.8) is 0 Å². The molecule has 0 radical (unpaired) electrons. The lowest BCUT2D eigenvalue weighted by atomic mass is 10.1. The molecule has 0 aliphatic carbocycles. The fraction of sp³-hybridized carbons (Fsp3) is 0.0769. The fourth-order valence-corrected chi connectivity index (χ4v) is 1.51. The Morgan fingerprint density at radius 1 is 1.18 bits per heavy atom. The van der Waals surface area contributed by atoms with Gasteiger partial charge in [0.1, 0.15) is 11.5 Å². The van der Waals surface area contributed by atoms with Crippen molar-refractivity contribution < 1.29 is 13.6 Å². The number of Topliss-reactive ketones (excluding diaryl/α,β-unsaturated/α-hetero) is 1. The van der Waals surface area contributed by atoms with E-state index in [0.29, 0.717) is 5.56 Å². The predicted molar refractivity (Wildman–Crippen MR) is 58.6 cm³/mol. The maximum absolute atomic E-state index is 13.3. The molecule has 2 aromatic rings. The number of nitrogens with zero attached hydrogens (tertiary/aromatic N) is 1. The third-order valence-corrected chi connectivity index (χ3v) is 2.28. The van der Waals surface area contributed by atoms with Crippen molar-refractivity contribution in [3.8, 4) is 0 Å². The summed E-state index contributed by atoms with van der Waals surface area (Å²) in [5.74, 6) is -1.54. The lowest BCUT2D eigenvalue weighted by Gasteiger charge is -2.01. The fourth-order valence-electron chi connectivity index (χ4n) is 1.51. The molecule has 1 aromatic heterocycles. The van der Waals surface area contributed by atoms with Gasteiger partial charge in [0.15, 0.2) is 11.6 Å². The summed E-state index contributed by atoms with van der Waals surface area (Å²) in [6.07, 6.45) is 1.29. The van der Waals surface area contributed by atoms with Gasteiger partial charge < -0.3 is 0 Å². The van der Waals surface area contributed by atoms with Gasteiger partial charge in [-0.2, -0.15) is 0 Å². The zero-order valence-corrected chi connectivity index (χ0v) is 8.86. The molecule has 17 heavy (non-hydrogen) atoms. The molecule has 1 aromatic carbocycles. The molecule has 86 valence electrons. The van der Waals surface area contributed by atoms with Crippen molar-refractivity contribution in [2.45, 2.75) is 6.42 Å². The van der Waals surface area contributed by atoms with E-state index in [1.165, 1.54) is 36.5 Å². The second kappa shape index (κ2) is 4.82. The number of hydrogen-bond donors (Lipinski definition) is 0. The Balaban J connectivity index is 2.20. The Bertz CT molecular complexity index is 555. The molecule has 2 rings (SSSR count). The van der Waals surface area contributed by atoms with Gasteiger partial charge in [-0.15, -0.1) is 0 Å². The standard InChI is InChI=1S/C13H9F2NO/c14-10-4-1-3-9(7-10)8-12(17)13-11(15)5-2-6-16-13/h1-7H,8H2. The van der Waals surface area contributed by atoms with E-state index >= 15 is 0 Å². The van der Waals surface area contributed by atoms with Gasteiger partial charge in [-0.3, -0.25) is 9.78 Å². The van der Waals surface area contributed by atoms with Gasteiger partial charge in [0, 0.05) is 12.6 Å². The number of carbonyl (C=O) groups excluding carboxylic acids is 1. The first-order chi connectivity index (χ1) is 8.16. The molecule has 0 bridgehead atoms. The van der Waals surface area contributed by atoms with Crippen molar-refractivity contribution in [1.29, 1.82) is 0 Å². The molecular weight excluding hydrogens is 224 g/mol. The van der Waals surface area contributed by atoms with Crippen LogP contribution < -0.4 is 0 Å². The SMILES string of the molecule is O=C(Cc1cccc(F)c1)c1ncccc1F. The third-order valence-electron chi connectivity index (χ3n) is 2.28. The summed E-state index contributed by atoms with van der Waals surface area (Å²) < 4.78 is 26.2. The van der Waals surface area contributed by atoms with E-state index in [4.69, 9.17) is 0 Å². The van der Waals surface area contributed by atoms with Crippen LogP contribution in [0.15, 0.2) is 42.6 Å². The number of pyridine rings is 1. The topological polar surface area (TPSA) is 30.0 Å². The molecule has 0 spiro atoms. The second-order valence-corrected chi connectivity index (χ2v) is 3.56. The van der Waals surface area contributed by atoms with Crippen LogP contribution in [0.3, 0.4) is 0 Å². The Morgan fingerprint density at radius 3 is 2.71 bits per heavy atom. The number of hydrogen-bond acceptors (Lipinski definition) is 2. The highest BCUT2D eigenvalue weighted by atomic mass is 19.1. The molecule has 4 heteroatoms. The lowest BCUT2D eigenvalue weighted by Crippen LogP contribution is -2.08. The number of ketones is 1. The van der Waals surface area contributed by atoms with Crippen LogP contribution in [0.25, 0.3) is 0 Å². The van der Waals surface area contributed by atoms with Crippen LogP contribution in [0.1, 0.15) is 16.1 Å². The normalized spacial score (nSPS) is 10.2. The highest BCUT2D eigenvalue weighted by Crippen LogP contribution is 2.10. The summed E-state index contributed by atoms with van der Waals surface area (Å²) in [5.41, 5.74) is 0.289. The molecule has 0 fully saturated rings. The average molecular weight is 233 g/mol. The van der Waals surface area contributed by atoms with Gasteiger partial charge in [0.05, 0.1) is 0 Å². The predicted octanol–water partition coefficient (Wildman–Crippen LogP) is 2.79. The molecular formula is C13H9F2NO. The van der Waals surface area contributed by atoms with Crippen LogP contribution in [0.5, 0.6) is 0 Å². The molecule has 0 amide bonds. The number of aromatic nitrogens is 1. The lowest BCUT2D eigenvalue weighted by molar-refractivity contribution is 0.0984. The summed E-state index contributed by atoms with van der Waals surface area (Å²) in [6, 6.07) is 8.24. The molecule has 0 atom stereocenters. The second-order valence-electron chi connectivity index (χ2n) is 3.56. The van der Waals surface area contributed by atoms with Gasteiger partial charge in [-0.25, -0.2) is 8.78 Å². The van der Waals surface area contributed by atoms with Crippen molar-refractivity contribution in [2.24, 2.45) is 0 Å². The van der Waals surface area contributed by atoms with E-state index in [1.54, 1.807) is 6.07 Å². The van der Waals surface area contributed by atoms with Crippen molar-refractivity contribution >= 4 is 5.78 Å². The Hall–Kier alpha value is -2.10. The van der Waals surface area contributed by atoms with Crippen molar-refractivity contribution in [3.05, 3.63) is 65.5 Å². The van der Waals surface area contributed by atoms with Crippen LogP contribution in [-0.2, 0) is 6.42 Å². The Kier molecular flexibility index (Phi) is 3.23. The highest BCUT2D eigenvalue weighted by molar-refractivity contribution is 5.95. The van der Waals surface area contributed by atoms with Crippen molar-refractivity contribution in [2.75, 3.05) is 0 Å². The summed E-state index contributed by atoms with van der Waals surface area (Å²) >= 11 is 0. The van der Waals surface area contributed by atoms with Crippen molar-refractivity contribution in [1.82, 2.24) is 4.98 Å². The summed E-state index contributed by atoms with van der Waals surface area (Å²) in [6.45, 7) is 0. The van der Waals surface area contributed by atoms with Crippen LogP contribution in [0.4, 0.5) is 8.78 Å². The van der Waals surface area contributed by atoms with E-state index in [0.717, 1.165) is 0 Å². The molecule has 0 saturated carbocycles. The summed E-state index contributed by atoms with van der Waals surface area (Å²) in [7, 11) is 0. The van der Waals surface area contributed by atoms with Gasteiger partial charge in [0.2, 0.25) is 0 Å². The van der Waals surface area contributed by atoms with Gasteiger partial charge >= 0.3 is 0 Å². The summed E-state index contributed by atoms with van der Waals surface area (Å²) in [4.78, 5) is 15.4. The number of halogens is 2. The zero-order valence-electron chi connectivity index (χ0n) is 8.86. The van der Waals surface area contributed by atoms with E-state index in [9.17, 15) is 13.6 Å². The van der Waals surface area contributed by atoms with Gasteiger partial charge in [-0.05, 0) is 29.8 Å². The number of benzene rings is 1. The zero-order chi connectivity index (χ0) is 12.3. The first-order valence-electron chi connectivity index (χ1n) is 5.05. The molecule has 0 N–H and O–H groups in total. The maximum atomic E-state index is 13.3. The first kappa shape index (κ1) is 11.4. The third kappa shape index (κ3) is 2.72. The van der Waals surface area contributed by atoms with E-state index in [1.807, 2.05) is 0 Å². The van der Waals surface area contributed by atoms with Crippen LogP contribution in [-0.4, -0.2) is 10.8 Å². The van der Waals surface area contributed by atoms with Crippen LogP contribution >= 0.6 is 0 Å². The van der Waals surface area contributed by atoms with Gasteiger partial charge in [0.25, 0.3) is 0 Å². The minimum atomic E-state index is -0.658. The largest absolute Gasteiger partial charge is 0.292 e. The van der Waals surface area contributed by atoms with E-state index in [2.05, 4.69) is 4.98 Å².